The molecule has 102 valence electrons. The largest absolute Gasteiger partial charge is 0.385 e. The average Bonchev–Trinajstić information content (AvgIpc) is 2.71. The van der Waals surface area contributed by atoms with Crippen LogP contribution >= 0.6 is 27.7 Å². The molecule has 0 bridgehead atoms. The Morgan fingerprint density at radius 2 is 2.28 bits per heavy atom. The van der Waals surface area contributed by atoms with Crippen molar-refractivity contribution in [2.24, 2.45) is 0 Å². The molecular weight excluding hydrogens is 314 g/mol. The number of hydrogen-bond donors (Lipinski definition) is 1. The summed E-state index contributed by atoms with van der Waals surface area (Å²) in [6.45, 7) is 5.18. The molecule has 0 amide bonds. The van der Waals surface area contributed by atoms with Crippen molar-refractivity contribution in [2.45, 2.75) is 32.0 Å². The first-order chi connectivity index (χ1) is 8.52. The van der Waals surface area contributed by atoms with Gasteiger partial charge < -0.3 is 5.11 Å². The van der Waals surface area contributed by atoms with E-state index in [9.17, 15) is 5.11 Å². The van der Waals surface area contributed by atoms with Crippen molar-refractivity contribution in [2.75, 3.05) is 25.1 Å². The molecule has 6 heteroatoms. The lowest BCUT2D eigenvalue weighted by Gasteiger charge is -2.35. The number of thioether (sulfide) groups is 1. The van der Waals surface area contributed by atoms with Crippen LogP contribution in [0.5, 0.6) is 0 Å². The van der Waals surface area contributed by atoms with Crippen LogP contribution < -0.4 is 0 Å². The first kappa shape index (κ1) is 14.4. The number of hydrogen-bond acceptors (Lipinski definition) is 4. The second-order valence-electron chi connectivity index (χ2n) is 4.98. The predicted octanol–water partition coefficient (Wildman–Crippen LogP) is 2.31. The monoisotopic (exact) mass is 333 g/mol. The zero-order chi connectivity index (χ0) is 13.3. The van der Waals surface area contributed by atoms with E-state index < -0.39 is 6.10 Å². The van der Waals surface area contributed by atoms with Crippen molar-refractivity contribution in [3.63, 3.8) is 0 Å². The number of halogens is 1. The van der Waals surface area contributed by atoms with Gasteiger partial charge in [-0.05, 0) is 36.8 Å². The molecule has 18 heavy (non-hydrogen) atoms. The van der Waals surface area contributed by atoms with E-state index >= 15 is 0 Å². The lowest BCUT2D eigenvalue weighted by molar-refractivity contribution is 0.0673. The zero-order valence-electron chi connectivity index (χ0n) is 11.0. The molecule has 2 heterocycles. The number of nitrogens with zero attached hydrogens (tertiary/aromatic N) is 3. The van der Waals surface area contributed by atoms with Gasteiger partial charge in [-0.3, -0.25) is 9.58 Å². The second-order valence-corrected chi connectivity index (χ2v) is 6.99. The van der Waals surface area contributed by atoms with Crippen LogP contribution in [0.15, 0.2) is 10.7 Å². The van der Waals surface area contributed by atoms with E-state index in [1.165, 1.54) is 0 Å². The minimum Gasteiger partial charge on any atom is -0.385 e. The van der Waals surface area contributed by atoms with Gasteiger partial charge >= 0.3 is 0 Å². The van der Waals surface area contributed by atoms with Gasteiger partial charge in [0.15, 0.2) is 0 Å². The van der Waals surface area contributed by atoms with E-state index in [1.54, 1.807) is 6.20 Å². The summed E-state index contributed by atoms with van der Waals surface area (Å²) in [5, 5.41) is 15.0. The molecule has 2 atom stereocenters. The van der Waals surface area contributed by atoms with E-state index in [0.717, 1.165) is 28.2 Å². The molecule has 1 aromatic rings. The summed E-state index contributed by atoms with van der Waals surface area (Å²) >= 11 is 5.41. The van der Waals surface area contributed by atoms with E-state index in [2.05, 4.69) is 46.8 Å². The molecule has 1 aliphatic rings. The molecule has 0 saturated carbocycles. The van der Waals surface area contributed by atoms with Crippen molar-refractivity contribution in [1.82, 2.24) is 14.7 Å². The Kier molecular flexibility index (Phi) is 4.75. The maximum Gasteiger partial charge on any atom is 0.113 e. The molecule has 1 aliphatic heterocycles. The standard InChI is InChI=1S/C12H20BrN3OS/c1-8(2)16-11(9(13)6-14-16)12(17)10-7-18-5-4-15(10)3/h6,8,10,12,17H,4-5,7H2,1-3H3. The number of rotatable bonds is 3. The maximum absolute atomic E-state index is 10.7. The summed E-state index contributed by atoms with van der Waals surface area (Å²) < 4.78 is 2.80. The third-order valence-electron chi connectivity index (χ3n) is 3.36. The van der Waals surface area contributed by atoms with Gasteiger partial charge in [-0.1, -0.05) is 0 Å². The van der Waals surface area contributed by atoms with Crippen LogP contribution in [-0.2, 0) is 0 Å². The van der Waals surface area contributed by atoms with Crippen LogP contribution in [0.3, 0.4) is 0 Å². The molecule has 2 rings (SSSR count). The molecule has 1 fully saturated rings. The number of aromatic nitrogens is 2. The minimum atomic E-state index is -0.498. The fourth-order valence-electron chi connectivity index (χ4n) is 2.26. The SMILES string of the molecule is CC(C)n1ncc(Br)c1C(O)C1CSCCN1C. The molecule has 2 unspecified atom stereocenters. The molecule has 0 spiro atoms. The van der Waals surface area contributed by atoms with Gasteiger partial charge in [0.05, 0.1) is 22.4 Å². The summed E-state index contributed by atoms with van der Waals surface area (Å²) in [7, 11) is 2.08. The first-order valence-electron chi connectivity index (χ1n) is 6.21. The van der Waals surface area contributed by atoms with Gasteiger partial charge in [0.2, 0.25) is 0 Å². The van der Waals surface area contributed by atoms with Crippen LogP contribution in [0.4, 0.5) is 0 Å². The fraction of sp³-hybridized carbons (Fsp3) is 0.750. The highest BCUT2D eigenvalue weighted by molar-refractivity contribution is 9.10. The Balaban J connectivity index is 2.27. The summed E-state index contributed by atoms with van der Waals surface area (Å²) in [6.07, 6.45) is 1.27. The molecular formula is C12H20BrN3OS. The maximum atomic E-state index is 10.7. The van der Waals surface area contributed by atoms with E-state index in [0.29, 0.717) is 0 Å². The highest BCUT2D eigenvalue weighted by atomic mass is 79.9. The van der Waals surface area contributed by atoms with Crippen LogP contribution in [0, 0.1) is 0 Å². The highest BCUT2D eigenvalue weighted by Gasteiger charge is 2.31. The van der Waals surface area contributed by atoms with Crippen LogP contribution in [0.2, 0.25) is 0 Å². The van der Waals surface area contributed by atoms with Gasteiger partial charge in [-0.2, -0.15) is 16.9 Å². The van der Waals surface area contributed by atoms with Gasteiger partial charge in [-0.25, -0.2) is 0 Å². The molecule has 4 nitrogen and oxygen atoms in total. The average molecular weight is 334 g/mol. The Bertz CT molecular complexity index is 410. The predicted molar refractivity (Wildman–Crippen MR) is 79.0 cm³/mol. The first-order valence-corrected chi connectivity index (χ1v) is 8.16. The third-order valence-corrected chi connectivity index (χ3v) is 5.02. The van der Waals surface area contributed by atoms with Gasteiger partial charge in [0.1, 0.15) is 6.10 Å². The van der Waals surface area contributed by atoms with Crippen molar-refractivity contribution < 1.29 is 5.11 Å². The molecule has 1 N–H and O–H groups in total. The van der Waals surface area contributed by atoms with Gasteiger partial charge in [-0.15, -0.1) is 0 Å². The van der Waals surface area contributed by atoms with Crippen LogP contribution in [0.1, 0.15) is 31.7 Å². The highest BCUT2D eigenvalue weighted by Crippen LogP contribution is 2.32. The lowest BCUT2D eigenvalue weighted by atomic mass is 10.1. The Labute approximate surface area is 121 Å². The van der Waals surface area contributed by atoms with E-state index in [1.807, 2.05) is 16.4 Å². The van der Waals surface area contributed by atoms with E-state index in [-0.39, 0.29) is 12.1 Å². The van der Waals surface area contributed by atoms with Crippen molar-refractivity contribution in [3.8, 4) is 0 Å². The van der Waals surface area contributed by atoms with Crippen molar-refractivity contribution in [1.29, 1.82) is 0 Å². The summed E-state index contributed by atoms with van der Waals surface area (Å²) in [4.78, 5) is 2.24. The zero-order valence-corrected chi connectivity index (χ0v) is 13.4. The Morgan fingerprint density at radius 1 is 1.56 bits per heavy atom. The molecule has 0 radical (unpaired) electrons. The lowest BCUT2D eigenvalue weighted by Crippen LogP contribution is -2.44. The summed E-state index contributed by atoms with van der Waals surface area (Å²) in [5.74, 6) is 2.11. The van der Waals surface area contributed by atoms with Crippen molar-refractivity contribution >= 4 is 27.7 Å². The number of aliphatic hydroxyl groups excluding tert-OH is 1. The van der Waals surface area contributed by atoms with Crippen LogP contribution in [0.25, 0.3) is 0 Å². The van der Waals surface area contributed by atoms with Gasteiger partial charge in [0, 0.05) is 24.1 Å². The number of likely N-dealkylation sites (N-methyl/N-ethyl adjacent to an activating group) is 1. The van der Waals surface area contributed by atoms with Gasteiger partial charge in [0.25, 0.3) is 0 Å². The topological polar surface area (TPSA) is 41.3 Å². The van der Waals surface area contributed by atoms with Crippen LogP contribution in [-0.4, -0.2) is 50.9 Å². The fourth-order valence-corrected chi connectivity index (χ4v) is 4.03. The number of aliphatic hydroxyl groups is 1. The quantitative estimate of drug-likeness (QED) is 0.921. The molecule has 0 aliphatic carbocycles. The van der Waals surface area contributed by atoms with Crippen molar-refractivity contribution in [3.05, 3.63) is 16.4 Å². The van der Waals surface area contributed by atoms with E-state index in [4.69, 9.17) is 0 Å². The molecule has 1 saturated heterocycles. The Hall–Kier alpha value is -0.0400. The normalized spacial score (nSPS) is 23.6. The molecule has 0 aromatic carbocycles. The molecule has 1 aromatic heterocycles. The third kappa shape index (κ3) is 2.76. The smallest absolute Gasteiger partial charge is 0.113 e. The second kappa shape index (κ2) is 5.94. The Morgan fingerprint density at radius 3 is 2.89 bits per heavy atom. The summed E-state index contributed by atoms with van der Waals surface area (Å²) in [5.41, 5.74) is 0.893. The summed E-state index contributed by atoms with van der Waals surface area (Å²) in [6, 6.07) is 0.414. The minimum absolute atomic E-state index is 0.161.